The maximum atomic E-state index is 4.60. The number of benzene rings is 1. The van der Waals surface area contributed by atoms with Gasteiger partial charge in [-0.15, -0.1) is 0 Å². The molecule has 0 radical (unpaired) electrons. The first kappa shape index (κ1) is 13.3. The van der Waals surface area contributed by atoms with Crippen molar-refractivity contribution in [3.05, 3.63) is 65.5 Å². The number of hydrogen-bond donors (Lipinski definition) is 1. The first-order chi connectivity index (χ1) is 9.84. The van der Waals surface area contributed by atoms with Gasteiger partial charge < -0.3 is 5.32 Å². The molecule has 1 atom stereocenters. The summed E-state index contributed by atoms with van der Waals surface area (Å²) in [4.78, 5) is 7.12. The Hall–Kier alpha value is -1.71. The lowest BCUT2D eigenvalue weighted by molar-refractivity contribution is 0.195. The third-order valence-electron chi connectivity index (χ3n) is 3.84. The van der Waals surface area contributed by atoms with Crippen molar-refractivity contribution in [3.63, 3.8) is 0 Å². The Morgan fingerprint density at radius 2 is 1.95 bits per heavy atom. The van der Waals surface area contributed by atoms with Gasteiger partial charge in [0, 0.05) is 32.4 Å². The van der Waals surface area contributed by atoms with E-state index < -0.39 is 0 Å². The Morgan fingerprint density at radius 3 is 2.65 bits per heavy atom. The Balaban J connectivity index is 1.98. The van der Waals surface area contributed by atoms with E-state index in [1.165, 1.54) is 11.1 Å². The van der Waals surface area contributed by atoms with Gasteiger partial charge in [0.05, 0.1) is 11.7 Å². The lowest BCUT2D eigenvalue weighted by Gasteiger charge is -2.35. The second-order valence-electron chi connectivity index (χ2n) is 5.36. The van der Waals surface area contributed by atoms with Crippen molar-refractivity contribution in [1.29, 1.82) is 0 Å². The van der Waals surface area contributed by atoms with Crippen molar-refractivity contribution < 1.29 is 0 Å². The molecule has 0 bridgehead atoms. The van der Waals surface area contributed by atoms with Gasteiger partial charge in [0.1, 0.15) is 0 Å². The summed E-state index contributed by atoms with van der Waals surface area (Å²) in [7, 11) is 0. The highest BCUT2D eigenvalue weighted by molar-refractivity contribution is 5.31. The van der Waals surface area contributed by atoms with Crippen LogP contribution in [0.4, 0.5) is 0 Å². The Labute approximate surface area is 120 Å². The number of pyridine rings is 1. The van der Waals surface area contributed by atoms with Crippen molar-refractivity contribution in [3.8, 4) is 0 Å². The molecule has 104 valence electrons. The minimum absolute atomic E-state index is 0.262. The largest absolute Gasteiger partial charge is 0.314 e. The maximum absolute atomic E-state index is 4.60. The topological polar surface area (TPSA) is 28.2 Å². The quantitative estimate of drug-likeness (QED) is 0.925. The molecule has 1 unspecified atom stereocenters. The molecule has 2 aromatic rings. The molecule has 2 heterocycles. The van der Waals surface area contributed by atoms with Crippen molar-refractivity contribution in [2.45, 2.75) is 13.0 Å². The summed E-state index contributed by atoms with van der Waals surface area (Å²) in [5.74, 6) is 0. The van der Waals surface area contributed by atoms with Crippen molar-refractivity contribution in [1.82, 2.24) is 15.2 Å². The molecule has 3 heteroatoms. The summed E-state index contributed by atoms with van der Waals surface area (Å²) < 4.78 is 0. The molecule has 0 aliphatic carbocycles. The van der Waals surface area contributed by atoms with E-state index in [0.29, 0.717) is 0 Å². The van der Waals surface area contributed by atoms with Crippen LogP contribution in [0.3, 0.4) is 0 Å². The van der Waals surface area contributed by atoms with Gasteiger partial charge in [0.2, 0.25) is 0 Å². The highest BCUT2D eigenvalue weighted by atomic mass is 15.2. The van der Waals surface area contributed by atoms with E-state index in [-0.39, 0.29) is 6.04 Å². The fraction of sp³-hybridized carbons (Fsp3) is 0.353. The molecular formula is C17H21N3. The van der Waals surface area contributed by atoms with Gasteiger partial charge in [-0.1, -0.05) is 35.9 Å². The van der Waals surface area contributed by atoms with Crippen LogP contribution < -0.4 is 5.32 Å². The summed E-state index contributed by atoms with van der Waals surface area (Å²) >= 11 is 0. The molecule has 20 heavy (non-hydrogen) atoms. The lowest BCUT2D eigenvalue weighted by Crippen LogP contribution is -2.45. The third-order valence-corrected chi connectivity index (χ3v) is 3.84. The second kappa shape index (κ2) is 6.16. The third kappa shape index (κ3) is 2.89. The van der Waals surface area contributed by atoms with Crippen LogP contribution >= 0.6 is 0 Å². The molecule has 1 aliphatic rings. The number of hydrogen-bond acceptors (Lipinski definition) is 3. The smallest absolute Gasteiger partial charge is 0.0777 e. The molecule has 0 saturated carbocycles. The van der Waals surface area contributed by atoms with Gasteiger partial charge in [-0.05, 0) is 24.6 Å². The van der Waals surface area contributed by atoms with Crippen LogP contribution in [0.25, 0.3) is 0 Å². The minimum atomic E-state index is 0.262. The van der Waals surface area contributed by atoms with E-state index in [1.54, 1.807) is 0 Å². The van der Waals surface area contributed by atoms with Crippen LogP contribution in [-0.4, -0.2) is 36.1 Å². The Kier molecular flexibility index (Phi) is 4.09. The standard InChI is InChI=1S/C17H21N3/c1-14-5-4-6-15(13-14)17(16-7-2-3-8-19-16)20-11-9-18-10-12-20/h2-8,13,17-18H,9-12H2,1H3. The molecule has 1 N–H and O–H groups in total. The van der Waals surface area contributed by atoms with Crippen LogP contribution in [0, 0.1) is 6.92 Å². The average Bonchev–Trinajstić information content (AvgIpc) is 2.50. The van der Waals surface area contributed by atoms with E-state index >= 15 is 0 Å². The highest BCUT2D eigenvalue weighted by Gasteiger charge is 2.24. The molecule has 1 aliphatic heterocycles. The molecule has 1 aromatic heterocycles. The predicted octanol–water partition coefficient (Wildman–Crippen LogP) is 2.38. The molecule has 3 rings (SSSR count). The fourth-order valence-electron chi connectivity index (χ4n) is 2.89. The zero-order valence-corrected chi connectivity index (χ0v) is 11.9. The molecule has 3 nitrogen and oxygen atoms in total. The van der Waals surface area contributed by atoms with Gasteiger partial charge in [-0.2, -0.15) is 0 Å². The zero-order valence-electron chi connectivity index (χ0n) is 11.9. The summed E-state index contributed by atoms with van der Waals surface area (Å²) in [5.41, 5.74) is 3.78. The summed E-state index contributed by atoms with van der Waals surface area (Å²) in [6.07, 6.45) is 1.89. The Morgan fingerprint density at radius 1 is 1.10 bits per heavy atom. The van der Waals surface area contributed by atoms with Crippen molar-refractivity contribution >= 4 is 0 Å². The number of rotatable bonds is 3. The second-order valence-corrected chi connectivity index (χ2v) is 5.36. The van der Waals surface area contributed by atoms with Gasteiger partial charge >= 0.3 is 0 Å². The van der Waals surface area contributed by atoms with Crippen LogP contribution in [0.1, 0.15) is 22.9 Å². The Bertz CT molecular complexity index is 547. The lowest BCUT2D eigenvalue weighted by atomic mass is 9.99. The fourth-order valence-corrected chi connectivity index (χ4v) is 2.89. The molecular weight excluding hydrogens is 246 g/mol. The summed E-state index contributed by atoms with van der Waals surface area (Å²) in [6, 6.07) is 15.2. The number of piperazine rings is 1. The summed E-state index contributed by atoms with van der Waals surface area (Å²) in [6.45, 7) is 6.38. The SMILES string of the molecule is Cc1cccc(C(c2ccccn2)N2CCNCC2)c1. The molecule has 0 amide bonds. The molecule has 1 aromatic carbocycles. The van der Waals surface area contributed by atoms with E-state index in [9.17, 15) is 0 Å². The van der Waals surface area contributed by atoms with E-state index in [1.807, 2.05) is 12.3 Å². The van der Waals surface area contributed by atoms with Gasteiger partial charge in [-0.25, -0.2) is 0 Å². The summed E-state index contributed by atoms with van der Waals surface area (Å²) in [5, 5.41) is 3.42. The molecule has 0 spiro atoms. The van der Waals surface area contributed by atoms with Gasteiger partial charge in [0.25, 0.3) is 0 Å². The number of aromatic nitrogens is 1. The van der Waals surface area contributed by atoms with E-state index in [2.05, 4.69) is 58.5 Å². The first-order valence-corrected chi connectivity index (χ1v) is 7.27. The number of aryl methyl sites for hydroxylation is 1. The molecule has 1 saturated heterocycles. The van der Waals surface area contributed by atoms with Crippen LogP contribution in [0.5, 0.6) is 0 Å². The first-order valence-electron chi connectivity index (χ1n) is 7.27. The van der Waals surface area contributed by atoms with Crippen molar-refractivity contribution in [2.75, 3.05) is 26.2 Å². The zero-order chi connectivity index (χ0) is 13.8. The average molecular weight is 267 g/mol. The van der Waals surface area contributed by atoms with Crippen LogP contribution in [0.15, 0.2) is 48.7 Å². The monoisotopic (exact) mass is 267 g/mol. The maximum Gasteiger partial charge on any atom is 0.0777 e. The van der Waals surface area contributed by atoms with Crippen LogP contribution in [-0.2, 0) is 0 Å². The van der Waals surface area contributed by atoms with Crippen molar-refractivity contribution in [2.24, 2.45) is 0 Å². The normalized spacial score (nSPS) is 17.9. The van der Waals surface area contributed by atoms with Gasteiger partial charge in [0.15, 0.2) is 0 Å². The number of nitrogens with one attached hydrogen (secondary N) is 1. The van der Waals surface area contributed by atoms with E-state index in [0.717, 1.165) is 31.9 Å². The minimum Gasteiger partial charge on any atom is -0.314 e. The van der Waals surface area contributed by atoms with Gasteiger partial charge in [-0.3, -0.25) is 9.88 Å². The highest BCUT2D eigenvalue weighted by Crippen LogP contribution is 2.27. The van der Waals surface area contributed by atoms with Crippen LogP contribution in [0.2, 0.25) is 0 Å². The number of nitrogens with zero attached hydrogens (tertiary/aromatic N) is 2. The molecule has 1 fully saturated rings. The predicted molar refractivity (Wildman–Crippen MR) is 81.7 cm³/mol. The van der Waals surface area contributed by atoms with E-state index in [4.69, 9.17) is 0 Å².